The lowest BCUT2D eigenvalue weighted by Gasteiger charge is -2.45. The van der Waals surface area contributed by atoms with Crippen molar-refractivity contribution in [2.75, 3.05) is 11.5 Å². The summed E-state index contributed by atoms with van der Waals surface area (Å²) in [5.74, 6) is -0.953. The molecule has 4 atom stereocenters. The van der Waals surface area contributed by atoms with E-state index in [0.29, 0.717) is 22.2 Å². The van der Waals surface area contributed by atoms with E-state index in [1.807, 2.05) is 0 Å². The van der Waals surface area contributed by atoms with Gasteiger partial charge in [0.1, 0.15) is 23.9 Å². The summed E-state index contributed by atoms with van der Waals surface area (Å²) in [7, 11) is 0. The predicted octanol–water partition coefficient (Wildman–Crippen LogP) is 0.105. The van der Waals surface area contributed by atoms with Gasteiger partial charge in [-0.3, -0.25) is 23.9 Å². The van der Waals surface area contributed by atoms with Crippen molar-refractivity contribution in [3.05, 3.63) is 70.8 Å². The summed E-state index contributed by atoms with van der Waals surface area (Å²) in [6.07, 6.45) is 0.259. The number of anilines is 1. The number of hydrogen-bond donors (Lipinski definition) is 2. The summed E-state index contributed by atoms with van der Waals surface area (Å²) < 4.78 is 1.22. The van der Waals surface area contributed by atoms with Gasteiger partial charge >= 0.3 is 0 Å². The van der Waals surface area contributed by atoms with Gasteiger partial charge in [0.05, 0.1) is 29.5 Å². The number of carbonyl (C=O) groups is 2. The van der Waals surface area contributed by atoms with Crippen molar-refractivity contribution in [2.24, 2.45) is 0 Å². The number of carbonyl (C=O) groups excluding carboxylic acids is 2. The number of piperidine rings is 1. The molecule has 1 aromatic heterocycles. The Bertz CT molecular complexity index is 1340. The average molecular weight is 418 g/mol. The number of para-hydroxylation sites is 2. The van der Waals surface area contributed by atoms with Crippen LogP contribution in [0.3, 0.4) is 0 Å². The van der Waals surface area contributed by atoms with E-state index >= 15 is 0 Å². The largest absolute Gasteiger partial charge is 0.394 e. The fourth-order valence-corrected chi connectivity index (χ4v) is 5.31. The number of amides is 2. The Morgan fingerprint density at radius 1 is 1.03 bits per heavy atom. The normalized spacial score (nSPS) is 28.9. The van der Waals surface area contributed by atoms with Crippen LogP contribution in [0, 0.1) is 0 Å². The molecule has 4 heterocycles. The molecule has 0 unspecified atom stereocenters. The van der Waals surface area contributed by atoms with Crippen molar-refractivity contribution >= 4 is 28.4 Å². The van der Waals surface area contributed by atoms with Crippen LogP contribution in [0.5, 0.6) is 0 Å². The molecule has 2 saturated heterocycles. The summed E-state index contributed by atoms with van der Waals surface area (Å²) in [5.41, 5.74) is -0.446. The standard InChI is InChI=1S/C22H18N4O5/c27-10-17-20(30)25-15-8-4-2-6-13(15)22(31)9-16(19(29)26(17)21(22)25)24-11-23-14-7-3-1-5-12(14)18(24)28/h1-8,11,16-17,21,27,31H,9-10H2/t16-,17+,21-,22+/m1/s1. The number of fused-ring (bicyclic) bond motifs is 4. The minimum Gasteiger partial charge on any atom is -0.394 e. The zero-order valence-electron chi connectivity index (χ0n) is 16.3. The second-order valence-electron chi connectivity index (χ2n) is 8.16. The molecule has 9 heteroatoms. The Hall–Kier alpha value is -3.56. The van der Waals surface area contributed by atoms with Crippen molar-refractivity contribution in [2.45, 2.75) is 30.3 Å². The van der Waals surface area contributed by atoms with Crippen LogP contribution in [0.1, 0.15) is 18.0 Å². The van der Waals surface area contributed by atoms with Crippen LogP contribution in [0.15, 0.2) is 59.7 Å². The van der Waals surface area contributed by atoms with Crippen LogP contribution in [0.25, 0.3) is 10.9 Å². The Labute approximate surface area is 175 Å². The average Bonchev–Trinajstić information content (AvgIpc) is 3.23. The fraction of sp³-hybridized carbons (Fsp3) is 0.273. The van der Waals surface area contributed by atoms with Gasteiger partial charge in [-0.1, -0.05) is 30.3 Å². The monoisotopic (exact) mass is 418 g/mol. The van der Waals surface area contributed by atoms with E-state index in [0.717, 1.165) is 0 Å². The van der Waals surface area contributed by atoms with Crippen LogP contribution in [-0.2, 0) is 15.2 Å². The third kappa shape index (κ3) is 2.11. The molecule has 9 nitrogen and oxygen atoms in total. The molecule has 0 spiro atoms. The molecule has 0 bridgehead atoms. The lowest BCUT2D eigenvalue weighted by molar-refractivity contribution is -0.160. The third-order valence-electron chi connectivity index (χ3n) is 6.67. The number of aliphatic hydroxyl groups is 2. The minimum atomic E-state index is -1.58. The highest BCUT2D eigenvalue weighted by Crippen LogP contribution is 2.55. The van der Waals surface area contributed by atoms with E-state index in [-0.39, 0.29) is 6.42 Å². The second-order valence-corrected chi connectivity index (χ2v) is 8.16. The molecule has 3 aliphatic rings. The van der Waals surface area contributed by atoms with Crippen molar-refractivity contribution in [1.29, 1.82) is 0 Å². The lowest BCUT2D eigenvalue weighted by Crippen LogP contribution is -2.61. The number of nitrogens with zero attached hydrogens (tertiary/aromatic N) is 4. The third-order valence-corrected chi connectivity index (χ3v) is 6.67. The number of benzene rings is 2. The van der Waals surface area contributed by atoms with E-state index in [1.165, 1.54) is 20.7 Å². The Balaban J connectivity index is 1.57. The molecule has 2 aromatic carbocycles. The Morgan fingerprint density at radius 2 is 1.77 bits per heavy atom. The summed E-state index contributed by atoms with van der Waals surface area (Å²) >= 11 is 0. The number of aromatic nitrogens is 2. The van der Waals surface area contributed by atoms with Crippen molar-refractivity contribution in [3.8, 4) is 0 Å². The first-order chi connectivity index (χ1) is 15.0. The van der Waals surface area contributed by atoms with E-state index in [9.17, 15) is 24.6 Å². The SMILES string of the molecule is O=C1[C@H](CO)N2C(=O)[C@H](n3cnc4ccccc4c3=O)C[C@]3(O)c4ccccc4N1[C@H]23. The first-order valence-electron chi connectivity index (χ1n) is 10.0. The minimum absolute atomic E-state index is 0.0914. The predicted molar refractivity (Wildman–Crippen MR) is 109 cm³/mol. The molecule has 2 N–H and O–H groups in total. The summed E-state index contributed by atoms with van der Waals surface area (Å²) in [4.78, 5) is 46.7. The molecule has 0 radical (unpaired) electrons. The van der Waals surface area contributed by atoms with Gasteiger partial charge < -0.3 is 15.1 Å². The number of rotatable bonds is 2. The number of aliphatic hydroxyl groups excluding tert-OH is 1. The summed E-state index contributed by atoms with van der Waals surface area (Å²) in [6.45, 7) is -0.576. The van der Waals surface area contributed by atoms with Crippen LogP contribution >= 0.6 is 0 Å². The van der Waals surface area contributed by atoms with Gasteiger partial charge in [-0.2, -0.15) is 0 Å². The molecule has 0 saturated carbocycles. The van der Waals surface area contributed by atoms with Gasteiger partial charge in [0.2, 0.25) is 5.91 Å². The molecular weight excluding hydrogens is 400 g/mol. The molecule has 3 aliphatic heterocycles. The van der Waals surface area contributed by atoms with Crippen LogP contribution in [0.2, 0.25) is 0 Å². The fourth-order valence-electron chi connectivity index (χ4n) is 5.31. The Kier molecular flexibility index (Phi) is 3.52. The van der Waals surface area contributed by atoms with Gasteiger partial charge in [-0.25, -0.2) is 4.98 Å². The van der Waals surface area contributed by atoms with Gasteiger partial charge in [-0.05, 0) is 18.2 Å². The maximum Gasteiger partial charge on any atom is 0.261 e. The topological polar surface area (TPSA) is 116 Å². The van der Waals surface area contributed by atoms with E-state index < -0.39 is 47.8 Å². The summed E-state index contributed by atoms with van der Waals surface area (Å²) in [6, 6.07) is 11.6. The van der Waals surface area contributed by atoms with E-state index in [4.69, 9.17) is 0 Å². The molecule has 156 valence electrons. The second kappa shape index (κ2) is 5.99. The molecule has 2 fully saturated rings. The zero-order valence-corrected chi connectivity index (χ0v) is 16.3. The highest BCUT2D eigenvalue weighted by molar-refractivity contribution is 6.07. The van der Waals surface area contributed by atoms with Crippen molar-refractivity contribution in [1.82, 2.24) is 14.5 Å². The van der Waals surface area contributed by atoms with Gasteiger partial charge in [0.15, 0.2) is 0 Å². The van der Waals surface area contributed by atoms with Gasteiger partial charge in [-0.15, -0.1) is 0 Å². The Morgan fingerprint density at radius 3 is 2.58 bits per heavy atom. The number of hydrogen-bond acceptors (Lipinski definition) is 6. The van der Waals surface area contributed by atoms with Crippen molar-refractivity contribution in [3.63, 3.8) is 0 Å². The highest BCUT2D eigenvalue weighted by Gasteiger charge is 2.67. The van der Waals surface area contributed by atoms with E-state index in [1.54, 1.807) is 48.5 Å². The van der Waals surface area contributed by atoms with Crippen LogP contribution in [-0.4, -0.2) is 55.3 Å². The molecular formula is C22H18N4O5. The van der Waals surface area contributed by atoms with Gasteiger partial charge in [0.25, 0.3) is 11.5 Å². The maximum absolute atomic E-state index is 13.6. The molecule has 6 rings (SSSR count). The molecule has 3 aromatic rings. The quantitative estimate of drug-likeness (QED) is 0.610. The van der Waals surface area contributed by atoms with Crippen LogP contribution in [0.4, 0.5) is 5.69 Å². The van der Waals surface area contributed by atoms with E-state index in [2.05, 4.69) is 4.98 Å². The summed E-state index contributed by atoms with van der Waals surface area (Å²) in [5, 5.41) is 22.1. The lowest BCUT2D eigenvalue weighted by atomic mass is 9.82. The first-order valence-corrected chi connectivity index (χ1v) is 10.0. The highest BCUT2D eigenvalue weighted by atomic mass is 16.3. The maximum atomic E-state index is 13.6. The smallest absolute Gasteiger partial charge is 0.261 e. The first kappa shape index (κ1) is 18.2. The van der Waals surface area contributed by atoms with Crippen LogP contribution < -0.4 is 10.5 Å². The zero-order chi connectivity index (χ0) is 21.5. The van der Waals surface area contributed by atoms with Gasteiger partial charge in [0, 0.05) is 12.0 Å². The molecule has 2 amide bonds. The molecule has 31 heavy (non-hydrogen) atoms. The van der Waals surface area contributed by atoms with Crippen molar-refractivity contribution < 1.29 is 19.8 Å². The molecule has 0 aliphatic carbocycles.